The number of amides is 1. The van der Waals surface area contributed by atoms with E-state index in [9.17, 15) is 9.18 Å². The number of carbonyl (C=O) groups excluding carboxylic acids is 1. The lowest BCUT2D eigenvalue weighted by Gasteiger charge is -2.37. The van der Waals surface area contributed by atoms with Crippen LogP contribution in [-0.2, 0) is 6.54 Å². The molecular weight excluding hydrogens is 233 g/mol. The number of halogens is 1. The van der Waals surface area contributed by atoms with E-state index in [0.29, 0.717) is 18.2 Å². The topological polar surface area (TPSA) is 58.4 Å². The Balaban J connectivity index is 2.10. The van der Waals surface area contributed by atoms with Crippen LogP contribution in [0.4, 0.5) is 4.39 Å². The van der Waals surface area contributed by atoms with E-state index < -0.39 is 5.91 Å². The Morgan fingerprint density at radius 1 is 1.56 bits per heavy atom. The molecule has 1 aliphatic rings. The number of hydrogen-bond acceptors (Lipinski definition) is 3. The van der Waals surface area contributed by atoms with Gasteiger partial charge in [0.25, 0.3) is 0 Å². The van der Waals surface area contributed by atoms with Gasteiger partial charge in [0, 0.05) is 36.8 Å². The van der Waals surface area contributed by atoms with Gasteiger partial charge in [0.1, 0.15) is 5.82 Å². The van der Waals surface area contributed by atoms with Crippen molar-refractivity contribution in [3.8, 4) is 0 Å². The first-order chi connectivity index (χ1) is 8.61. The number of benzene rings is 1. The highest BCUT2D eigenvalue weighted by Gasteiger charge is 2.24. The number of primary amides is 1. The largest absolute Gasteiger partial charge is 0.366 e. The fraction of sp³-hybridized carbons (Fsp3) is 0.462. The highest BCUT2D eigenvalue weighted by Crippen LogP contribution is 2.15. The Hall–Kier alpha value is -1.46. The molecule has 1 amide bonds. The van der Waals surface area contributed by atoms with Gasteiger partial charge in [0.05, 0.1) is 0 Å². The van der Waals surface area contributed by atoms with E-state index in [-0.39, 0.29) is 11.4 Å². The van der Waals surface area contributed by atoms with Crippen molar-refractivity contribution in [2.24, 2.45) is 5.73 Å². The van der Waals surface area contributed by atoms with Crippen LogP contribution in [0.3, 0.4) is 0 Å². The molecule has 0 unspecified atom stereocenters. The zero-order chi connectivity index (χ0) is 13.1. The highest BCUT2D eigenvalue weighted by atomic mass is 19.1. The second-order valence-electron chi connectivity index (χ2n) is 4.55. The molecule has 1 saturated heterocycles. The molecule has 3 N–H and O–H groups in total. The van der Waals surface area contributed by atoms with Crippen LogP contribution in [0, 0.1) is 5.82 Å². The van der Waals surface area contributed by atoms with Crippen molar-refractivity contribution >= 4 is 5.91 Å². The first-order valence-corrected chi connectivity index (χ1v) is 6.14. The predicted molar refractivity (Wildman–Crippen MR) is 67.7 cm³/mol. The minimum absolute atomic E-state index is 0.213. The molecule has 4 nitrogen and oxygen atoms in total. The lowest BCUT2D eigenvalue weighted by atomic mass is 10.1. The third kappa shape index (κ3) is 2.68. The standard InChI is InChI=1S/C13H18FN3O/c1-2-17(11-6-16-7-11)8-10-4-3-9(13(15)18)5-12(10)14/h3-5,11,16H,2,6-8H2,1H3,(H2,15,18). The van der Waals surface area contributed by atoms with Crippen LogP contribution in [0.15, 0.2) is 18.2 Å². The highest BCUT2D eigenvalue weighted by molar-refractivity contribution is 5.92. The predicted octanol–water partition coefficient (Wildman–Crippen LogP) is 0.718. The Morgan fingerprint density at radius 3 is 2.72 bits per heavy atom. The third-order valence-electron chi connectivity index (χ3n) is 3.39. The molecule has 18 heavy (non-hydrogen) atoms. The number of nitrogens with zero attached hydrogens (tertiary/aromatic N) is 1. The van der Waals surface area contributed by atoms with Crippen LogP contribution in [0.25, 0.3) is 0 Å². The van der Waals surface area contributed by atoms with E-state index in [0.717, 1.165) is 19.6 Å². The second-order valence-corrected chi connectivity index (χ2v) is 4.55. The van der Waals surface area contributed by atoms with E-state index >= 15 is 0 Å². The van der Waals surface area contributed by atoms with E-state index in [1.807, 2.05) is 0 Å². The monoisotopic (exact) mass is 251 g/mol. The van der Waals surface area contributed by atoms with E-state index in [1.54, 1.807) is 12.1 Å². The van der Waals surface area contributed by atoms with Gasteiger partial charge >= 0.3 is 0 Å². The number of likely N-dealkylation sites (N-methyl/N-ethyl adjacent to an activating group) is 1. The number of carbonyl (C=O) groups is 1. The van der Waals surface area contributed by atoms with E-state index in [1.165, 1.54) is 6.07 Å². The molecule has 0 aromatic heterocycles. The second kappa shape index (κ2) is 5.46. The van der Waals surface area contributed by atoms with Crippen molar-refractivity contribution < 1.29 is 9.18 Å². The molecule has 1 aromatic carbocycles. The fourth-order valence-electron chi connectivity index (χ4n) is 2.08. The maximum atomic E-state index is 13.8. The molecule has 2 rings (SSSR count). The minimum Gasteiger partial charge on any atom is -0.366 e. The van der Waals surface area contributed by atoms with Crippen LogP contribution in [0.5, 0.6) is 0 Å². The summed E-state index contributed by atoms with van der Waals surface area (Å²) in [4.78, 5) is 13.2. The SMILES string of the molecule is CCN(Cc1ccc(C(N)=O)cc1F)C1CNC1. The fourth-order valence-corrected chi connectivity index (χ4v) is 2.08. The number of nitrogens with one attached hydrogen (secondary N) is 1. The average molecular weight is 251 g/mol. The van der Waals surface area contributed by atoms with Crippen molar-refractivity contribution in [3.05, 3.63) is 35.1 Å². The maximum absolute atomic E-state index is 13.8. The summed E-state index contributed by atoms with van der Waals surface area (Å²) >= 11 is 0. The lowest BCUT2D eigenvalue weighted by molar-refractivity contribution is 0.0999. The summed E-state index contributed by atoms with van der Waals surface area (Å²) < 4.78 is 13.8. The summed E-state index contributed by atoms with van der Waals surface area (Å²) in [5.74, 6) is -0.965. The van der Waals surface area contributed by atoms with Gasteiger partial charge in [0.15, 0.2) is 0 Å². The molecule has 1 aromatic rings. The van der Waals surface area contributed by atoms with Crippen molar-refractivity contribution in [1.82, 2.24) is 10.2 Å². The summed E-state index contributed by atoms with van der Waals surface area (Å²) in [5.41, 5.74) is 5.93. The van der Waals surface area contributed by atoms with Gasteiger partial charge in [0.2, 0.25) is 5.91 Å². The van der Waals surface area contributed by atoms with Gasteiger partial charge in [-0.2, -0.15) is 0 Å². The minimum atomic E-state index is -0.601. The molecule has 0 radical (unpaired) electrons. The summed E-state index contributed by atoms with van der Waals surface area (Å²) in [6, 6.07) is 4.91. The molecule has 1 heterocycles. The van der Waals surface area contributed by atoms with Crippen molar-refractivity contribution in [2.45, 2.75) is 19.5 Å². The van der Waals surface area contributed by atoms with Gasteiger partial charge in [-0.1, -0.05) is 13.0 Å². The Kier molecular flexibility index (Phi) is 3.93. The van der Waals surface area contributed by atoms with Crippen LogP contribution in [0.2, 0.25) is 0 Å². The molecule has 1 aliphatic heterocycles. The molecule has 98 valence electrons. The molecule has 0 bridgehead atoms. The first kappa shape index (κ1) is 13.0. The van der Waals surface area contributed by atoms with Crippen molar-refractivity contribution in [3.63, 3.8) is 0 Å². The van der Waals surface area contributed by atoms with Gasteiger partial charge in [-0.05, 0) is 18.7 Å². The van der Waals surface area contributed by atoms with Crippen LogP contribution in [0.1, 0.15) is 22.8 Å². The van der Waals surface area contributed by atoms with Gasteiger partial charge < -0.3 is 11.1 Å². The summed E-state index contributed by atoms with van der Waals surface area (Å²) in [6.45, 7) is 5.41. The van der Waals surface area contributed by atoms with Crippen LogP contribution >= 0.6 is 0 Å². The van der Waals surface area contributed by atoms with Crippen molar-refractivity contribution in [2.75, 3.05) is 19.6 Å². The molecule has 0 aliphatic carbocycles. The molecule has 5 heteroatoms. The summed E-state index contributed by atoms with van der Waals surface area (Å²) in [6.07, 6.45) is 0. The van der Waals surface area contributed by atoms with Crippen molar-refractivity contribution in [1.29, 1.82) is 0 Å². The van der Waals surface area contributed by atoms with Gasteiger partial charge in [-0.3, -0.25) is 9.69 Å². The quantitative estimate of drug-likeness (QED) is 0.810. The average Bonchev–Trinajstić information content (AvgIpc) is 2.27. The normalized spacial score (nSPS) is 15.7. The Labute approximate surface area is 106 Å². The Morgan fingerprint density at radius 2 is 2.28 bits per heavy atom. The number of nitrogens with two attached hydrogens (primary N) is 1. The molecule has 0 saturated carbocycles. The zero-order valence-electron chi connectivity index (χ0n) is 10.4. The number of rotatable bonds is 5. The molecule has 0 spiro atoms. The summed E-state index contributed by atoms with van der Waals surface area (Å²) in [5, 5.41) is 3.20. The smallest absolute Gasteiger partial charge is 0.248 e. The Bertz CT molecular complexity index is 446. The van der Waals surface area contributed by atoms with Crippen LogP contribution in [-0.4, -0.2) is 36.5 Å². The van der Waals surface area contributed by atoms with E-state index in [2.05, 4.69) is 17.1 Å². The maximum Gasteiger partial charge on any atom is 0.248 e. The number of hydrogen-bond donors (Lipinski definition) is 2. The molecule has 1 fully saturated rings. The summed E-state index contributed by atoms with van der Waals surface area (Å²) in [7, 11) is 0. The third-order valence-corrected chi connectivity index (χ3v) is 3.39. The van der Waals surface area contributed by atoms with Crippen LogP contribution < -0.4 is 11.1 Å². The van der Waals surface area contributed by atoms with E-state index in [4.69, 9.17) is 5.73 Å². The van der Waals surface area contributed by atoms with Gasteiger partial charge in [-0.15, -0.1) is 0 Å². The molecular formula is C13H18FN3O. The lowest BCUT2D eigenvalue weighted by Crippen LogP contribution is -2.56. The first-order valence-electron chi connectivity index (χ1n) is 6.14. The van der Waals surface area contributed by atoms with Gasteiger partial charge in [-0.25, -0.2) is 4.39 Å². The zero-order valence-corrected chi connectivity index (χ0v) is 10.4. The molecule has 0 atom stereocenters.